The van der Waals surface area contributed by atoms with Gasteiger partial charge < -0.3 is 9.84 Å². The number of benzene rings is 2. The van der Waals surface area contributed by atoms with Crippen LogP contribution in [-0.2, 0) is 30.7 Å². The van der Waals surface area contributed by atoms with Gasteiger partial charge in [0, 0.05) is 49.3 Å². The number of fused-ring (bicyclic) bond motifs is 1. The summed E-state index contributed by atoms with van der Waals surface area (Å²) in [5.41, 5.74) is 3.45. The number of thiazole rings is 1. The second-order valence-corrected chi connectivity index (χ2v) is 9.44. The first-order valence-corrected chi connectivity index (χ1v) is 12.0. The lowest BCUT2D eigenvalue weighted by Gasteiger charge is -2.25. The number of hydrogen-bond donors (Lipinski definition) is 1. The fraction of sp³-hybridized carbons (Fsp3) is 0.280. The molecule has 4 aromatic rings. The fourth-order valence-corrected chi connectivity index (χ4v) is 4.95. The van der Waals surface area contributed by atoms with Crippen LogP contribution in [0.1, 0.15) is 34.0 Å². The Morgan fingerprint density at radius 2 is 2.06 bits per heavy atom. The van der Waals surface area contributed by atoms with E-state index in [1.807, 2.05) is 6.07 Å². The average Bonchev–Trinajstić information content (AvgIpc) is 3.46. The van der Waals surface area contributed by atoms with Gasteiger partial charge in [0.15, 0.2) is 5.13 Å². The van der Waals surface area contributed by atoms with Crippen molar-refractivity contribution in [1.82, 2.24) is 20.0 Å². The topological polar surface area (TPSA) is 84.2 Å². The van der Waals surface area contributed by atoms with Gasteiger partial charge in [-0.2, -0.15) is 4.98 Å². The molecule has 0 saturated heterocycles. The van der Waals surface area contributed by atoms with Crippen LogP contribution in [0.25, 0.3) is 11.4 Å². The summed E-state index contributed by atoms with van der Waals surface area (Å²) in [6, 6.07) is 15.2. The molecule has 174 valence electrons. The Hall–Kier alpha value is -3.43. The second kappa shape index (κ2) is 9.82. The minimum absolute atomic E-state index is 0.159. The number of aryl methyl sites for hydroxylation is 2. The summed E-state index contributed by atoms with van der Waals surface area (Å²) in [5.74, 6) is 0.161. The van der Waals surface area contributed by atoms with Crippen molar-refractivity contribution < 1.29 is 13.7 Å². The van der Waals surface area contributed by atoms with Gasteiger partial charge in [-0.05, 0) is 24.1 Å². The summed E-state index contributed by atoms with van der Waals surface area (Å²) in [6.07, 6.45) is 1.36. The first-order chi connectivity index (χ1) is 16.5. The Balaban J connectivity index is 1.14. The Bertz CT molecular complexity index is 1300. The molecule has 0 saturated carbocycles. The van der Waals surface area contributed by atoms with Crippen LogP contribution in [0.15, 0.2) is 53.1 Å². The van der Waals surface area contributed by atoms with Gasteiger partial charge in [-0.15, -0.1) is 11.3 Å². The van der Waals surface area contributed by atoms with E-state index in [-0.39, 0.29) is 18.1 Å². The monoisotopic (exact) mass is 477 g/mol. The van der Waals surface area contributed by atoms with Crippen LogP contribution < -0.4 is 5.32 Å². The van der Waals surface area contributed by atoms with Crippen molar-refractivity contribution in [2.45, 2.75) is 39.3 Å². The van der Waals surface area contributed by atoms with Gasteiger partial charge in [-0.1, -0.05) is 47.6 Å². The van der Waals surface area contributed by atoms with Crippen LogP contribution in [0.3, 0.4) is 0 Å². The van der Waals surface area contributed by atoms with Gasteiger partial charge in [-0.3, -0.25) is 9.69 Å². The third-order valence-corrected chi connectivity index (χ3v) is 6.77. The van der Waals surface area contributed by atoms with Gasteiger partial charge in [0.05, 0.1) is 5.69 Å². The molecule has 0 atom stereocenters. The van der Waals surface area contributed by atoms with E-state index >= 15 is 0 Å². The molecule has 1 N–H and O–H groups in total. The Labute approximate surface area is 200 Å². The molecule has 1 aliphatic heterocycles. The van der Waals surface area contributed by atoms with Gasteiger partial charge in [0.25, 0.3) is 0 Å². The largest absolute Gasteiger partial charge is 0.339 e. The number of aromatic nitrogens is 3. The number of nitrogens with one attached hydrogen (secondary N) is 1. The summed E-state index contributed by atoms with van der Waals surface area (Å²) in [5, 5.41) is 7.42. The van der Waals surface area contributed by atoms with Crippen molar-refractivity contribution in [2.24, 2.45) is 0 Å². The number of carbonyl (C=O) groups is 1. The number of amides is 1. The van der Waals surface area contributed by atoms with Crippen LogP contribution in [0.4, 0.5) is 9.52 Å². The van der Waals surface area contributed by atoms with Crippen LogP contribution in [-0.4, -0.2) is 32.5 Å². The fourth-order valence-electron chi connectivity index (χ4n) is 3.89. The molecule has 5 rings (SSSR count). The highest BCUT2D eigenvalue weighted by Crippen LogP contribution is 2.29. The van der Waals surface area contributed by atoms with Gasteiger partial charge in [-0.25, -0.2) is 9.37 Å². The van der Waals surface area contributed by atoms with E-state index in [1.54, 1.807) is 19.1 Å². The number of hydrogen-bond acceptors (Lipinski definition) is 7. The maximum atomic E-state index is 13.8. The van der Waals surface area contributed by atoms with Gasteiger partial charge >= 0.3 is 0 Å². The normalized spacial score (nSPS) is 13.6. The predicted octanol–water partition coefficient (Wildman–Crippen LogP) is 4.77. The standard InChI is InChI=1S/C25H24FN5O2S/c1-16-7-8-18(13-19(16)26)24-29-23(33-30-24)10-9-22(32)28-25-27-20-11-12-31(15-21(20)34-25)14-17-5-3-2-4-6-17/h2-8,13H,9-12,14-15H2,1H3,(H,27,28,32). The lowest BCUT2D eigenvalue weighted by atomic mass is 10.1. The van der Waals surface area contributed by atoms with Crippen molar-refractivity contribution in [1.29, 1.82) is 0 Å². The van der Waals surface area contributed by atoms with E-state index in [9.17, 15) is 9.18 Å². The number of rotatable bonds is 7. The molecule has 9 heteroatoms. The molecule has 7 nitrogen and oxygen atoms in total. The van der Waals surface area contributed by atoms with Crippen LogP contribution in [0.5, 0.6) is 0 Å². The second-order valence-electron chi connectivity index (χ2n) is 8.36. The number of nitrogens with zero attached hydrogens (tertiary/aromatic N) is 4. The Morgan fingerprint density at radius 1 is 1.21 bits per heavy atom. The Morgan fingerprint density at radius 3 is 2.88 bits per heavy atom. The minimum atomic E-state index is -0.322. The maximum Gasteiger partial charge on any atom is 0.227 e. The summed E-state index contributed by atoms with van der Waals surface area (Å²) in [4.78, 5) is 25.0. The molecule has 2 aromatic heterocycles. The van der Waals surface area contributed by atoms with Gasteiger partial charge in [0.2, 0.25) is 17.6 Å². The van der Waals surface area contributed by atoms with Crippen molar-refractivity contribution in [2.75, 3.05) is 11.9 Å². The summed E-state index contributed by atoms with van der Waals surface area (Å²) in [6.45, 7) is 4.38. The molecule has 0 unspecified atom stereocenters. The zero-order chi connectivity index (χ0) is 23.5. The smallest absolute Gasteiger partial charge is 0.227 e. The number of anilines is 1. The minimum Gasteiger partial charge on any atom is -0.339 e. The van der Waals surface area contributed by atoms with Crippen LogP contribution in [0, 0.1) is 12.7 Å². The highest BCUT2D eigenvalue weighted by atomic mass is 32.1. The molecule has 1 aliphatic rings. The predicted molar refractivity (Wildman–Crippen MR) is 128 cm³/mol. The highest BCUT2D eigenvalue weighted by Gasteiger charge is 2.21. The van der Waals surface area contributed by atoms with Crippen LogP contribution in [0.2, 0.25) is 0 Å². The van der Waals surface area contributed by atoms with Crippen molar-refractivity contribution in [3.05, 3.63) is 81.9 Å². The molecule has 0 aliphatic carbocycles. The Kier molecular flexibility index (Phi) is 6.46. The lowest BCUT2D eigenvalue weighted by Crippen LogP contribution is -2.29. The molecule has 34 heavy (non-hydrogen) atoms. The molecule has 3 heterocycles. The highest BCUT2D eigenvalue weighted by molar-refractivity contribution is 7.15. The van der Waals surface area contributed by atoms with Crippen molar-refractivity contribution in [3.63, 3.8) is 0 Å². The van der Waals surface area contributed by atoms with E-state index in [0.29, 0.717) is 34.4 Å². The van der Waals surface area contributed by atoms with E-state index in [4.69, 9.17) is 4.52 Å². The first-order valence-electron chi connectivity index (χ1n) is 11.2. The zero-order valence-electron chi connectivity index (χ0n) is 18.8. The molecular weight excluding hydrogens is 453 g/mol. The maximum absolute atomic E-state index is 13.8. The van der Waals surface area contributed by atoms with E-state index in [2.05, 4.69) is 49.6 Å². The molecule has 1 amide bonds. The number of carbonyl (C=O) groups excluding carboxylic acids is 1. The van der Waals surface area contributed by atoms with E-state index in [1.165, 1.54) is 27.8 Å². The summed E-state index contributed by atoms with van der Waals surface area (Å²) >= 11 is 1.53. The first kappa shape index (κ1) is 22.4. The summed E-state index contributed by atoms with van der Waals surface area (Å²) in [7, 11) is 0. The lowest BCUT2D eigenvalue weighted by molar-refractivity contribution is -0.116. The van der Waals surface area contributed by atoms with Crippen molar-refractivity contribution >= 4 is 22.4 Å². The quantitative estimate of drug-likeness (QED) is 0.413. The van der Waals surface area contributed by atoms with E-state index in [0.717, 1.165) is 31.7 Å². The van der Waals surface area contributed by atoms with Gasteiger partial charge in [0.1, 0.15) is 5.82 Å². The average molecular weight is 478 g/mol. The molecule has 2 aromatic carbocycles. The molecule has 0 bridgehead atoms. The SMILES string of the molecule is Cc1ccc(-c2noc(CCC(=O)Nc3nc4c(s3)CN(Cc3ccccc3)CC4)n2)cc1F. The third-order valence-electron chi connectivity index (χ3n) is 5.77. The zero-order valence-corrected chi connectivity index (χ0v) is 19.6. The third kappa shape index (κ3) is 5.21. The van der Waals surface area contributed by atoms with Crippen molar-refractivity contribution in [3.8, 4) is 11.4 Å². The number of halogens is 1. The van der Waals surface area contributed by atoms with E-state index < -0.39 is 0 Å². The molecule has 0 radical (unpaired) electrons. The van der Waals surface area contributed by atoms with Crippen LogP contribution >= 0.6 is 11.3 Å². The molecule has 0 spiro atoms. The summed E-state index contributed by atoms with van der Waals surface area (Å²) < 4.78 is 19.0. The molecule has 0 fully saturated rings. The molecular formula is C25H24FN5O2S.